The molecule has 1 aliphatic carbocycles. The molecule has 0 heterocycles. The van der Waals surface area contributed by atoms with Crippen LogP contribution in [0.15, 0.2) is 60.7 Å². The smallest absolute Gasteiger partial charge is 0.193 e. The third-order valence-electron chi connectivity index (χ3n) is 4.35. The molecule has 21 heavy (non-hydrogen) atoms. The van der Waals surface area contributed by atoms with Crippen molar-refractivity contribution in [2.45, 2.75) is 12.5 Å². The van der Waals surface area contributed by atoms with Crippen molar-refractivity contribution in [3.63, 3.8) is 0 Å². The molecule has 3 aromatic carbocycles. The molecular weight excluding hydrogens is 260 g/mol. The molecule has 0 saturated carbocycles. The Morgan fingerprint density at radius 2 is 1.43 bits per heavy atom. The van der Waals surface area contributed by atoms with Gasteiger partial charge in [0.1, 0.15) is 5.60 Å². The van der Waals surface area contributed by atoms with Crippen molar-refractivity contribution >= 4 is 16.6 Å². The van der Waals surface area contributed by atoms with E-state index in [1.807, 2.05) is 54.6 Å². The van der Waals surface area contributed by atoms with E-state index >= 15 is 0 Å². The van der Waals surface area contributed by atoms with Crippen LogP contribution in [-0.4, -0.2) is 10.9 Å². The normalized spacial score (nSPS) is 20.2. The molecule has 2 nitrogen and oxygen atoms in total. The van der Waals surface area contributed by atoms with Crippen LogP contribution >= 0.6 is 0 Å². The van der Waals surface area contributed by atoms with E-state index in [1.165, 1.54) is 0 Å². The number of carbonyl (C=O) groups is 1. The van der Waals surface area contributed by atoms with Gasteiger partial charge in [0.15, 0.2) is 5.78 Å². The lowest BCUT2D eigenvalue weighted by Gasteiger charge is -2.33. The fourth-order valence-corrected chi connectivity index (χ4v) is 3.23. The standard InChI is InChI=1S/C19H14O2/c1-19(21)16-9-5-4-8-14(16)18(20)15-10-12-6-2-3-7-13(12)11-17(15)19/h2-11,21H,1H3. The Labute approximate surface area is 122 Å². The highest BCUT2D eigenvalue weighted by Crippen LogP contribution is 2.40. The van der Waals surface area contributed by atoms with Crippen molar-refractivity contribution in [2.24, 2.45) is 0 Å². The average molecular weight is 274 g/mol. The van der Waals surface area contributed by atoms with Gasteiger partial charge in [0.25, 0.3) is 0 Å². The van der Waals surface area contributed by atoms with Crippen LogP contribution in [0.3, 0.4) is 0 Å². The maximum absolute atomic E-state index is 12.7. The third-order valence-corrected chi connectivity index (χ3v) is 4.35. The summed E-state index contributed by atoms with van der Waals surface area (Å²) in [4.78, 5) is 12.7. The van der Waals surface area contributed by atoms with Gasteiger partial charge in [0.2, 0.25) is 0 Å². The second-order valence-electron chi connectivity index (χ2n) is 5.69. The zero-order chi connectivity index (χ0) is 14.6. The minimum atomic E-state index is -1.15. The first kappa shape index (κ1) is 12.3. The molecular formula is C19H14O2. The summed E-state index contributed by atoms with van der Waals surface area (Å²) >= 11 is 0. The summed E-state index contributed by atoms with van der Waals surface area (Å²) in [7, 11) is 0. The molecule has 0 spiro atoms. The molecule has 3 aromatic rings. The number of rotatable bonds is 0. The molecule has 0 aliphatic heterocycles. The van der Waals surface area contributed by atoms with Gasteiger partial charge in [-0.2, -0.15) is 0 Å². The molecule has 0 aromatic heterocycles. The van der Waals surface area contributed by atoms with Crippen LogP contribution in [0.1, 0.15) is 34.0 Å². The van der Waals surface area contributed by atoms with E-state index in [0.717, 1.165) is 10.8 Å². The van der Waals surface area contributed by atoms with E-state index in [-0.39, 0.29) is 5.78 Å². The Bertz CT molecular complexity index is 891. The highest BCUT2D eigenvalue weighted by atomic mass is 16.3. The van der Waals surface area contributed by atoms with Crippen molar-refractivity contribution in [2.75, 3.05) is 0 Å². The number of aliphatic hydroxyl groups is 1. The summed E-state index contributed by atoms with van der Waals surface area (Å²) in [5.41, 5.74) is 1.40. The Morgan fingerprint density at radius 1 is 0.810 bits per heavy atom. The highest BCUT2D eigenvalue weighted by molar-refractivity contribution is 6.14. The van der Waals surface area contributed by atoms with Gasteiger partial charge in [0, 0.05) is 11.1 Å². The summed E-state index contributed by atoms with van der Waals surface area (Å²) in [5.74, 6) is -0.0159. The predicted octanol–water partition coefficient (Wildman–Crippen LogP) is 3.64. The minimum absolute atomic E-state index is 0.0159. The molecule has 1 unspecified atom stereocenters. The molecule has 0 radical (unpaired) electrons. The molecule has 0 fully saturated rings. The summed E-state index contributed by atoms with van der Waals surface area (Å²) < 4.78 is 0. The van der Waals surface area contributed by atoms with Crippen LogP contribution in [-0.2, 0) is 5.60 Å². The van der Waals surface area contributed by atoms with Crippen LogP contribution in [0.25, 0.3) is 10.8 Å². The number of hydrogen-bond donors (Lipinski definition) is 1. The Hall–Kier alpha value is -2.45. The number of ketones is 1. The fourth-order valence-electron chi connectivity index (χ4n) is 3.23. The van der Waals surface area contributed by atoms with Gasteiger partial charge in [-0.05, 0) is 41.0 Å². The first-order valence-corrected chi connectivity index (χ1v) is 6.99. The van der Waals surface area contributed by atoms with Gasteiger partial charge >= 0.3 is 0 Å². The fraction of sp³-hybridized carbons (Fsp3) is 0.105. The van der Waals surface area contributed by atoms with Crippen molar-refractivity contribution in [3.8, 4) is 0 Å². The van der Waals surface area contributed by atoms with Crippen LogP contribution in [0, 0.1) is 0 Å². The summed E-state index contributed by atoms with van der Waals surface area (Å²) in [6.07, 6.45) is 0. The summed E-state index contributed by atoms with van der Waals surface area (Å²) in [5, 5.41) is 13.0. The van der Waals surface area contributed by atoms with Gasteiger partial charge in [-0.1, -0.05) is 48.5 Å². The molecule has 0 saturated heterocycles. The van der Waals surface area contributed by atoms with Crippen LogP contribution < -0.4 is 0 Å². The monoisotopic (exact) mass is 274 g/mol. The molecule has 0 bridgehead atoms. The minimum Gasteiger partial charge on any atom is -0.381 e. The lowest BCUT2D eigenvalue weighted by atomic mass is 9.74. The number of carbonyl (C=O) groups excluding carboxylic acids is 1. The SMILES string of the molecule is CC1(O)c2ccccc2C(=O)c2cc3ccccc3cc21. The molecule has 1 aliphatic rings. The highest BCUT2D eigenvalue weighted by Gasteiger charge is 2.38. The Kier molecular flexibility index (Phi) is 2.36. The Balaban J connectivity index is 2.11. The van der Waals surface area contributed by atoms with E-state index in [9.17, 15) is 9.90 Å². The quantitative estimate of drug-likeness (QED) is 0.679. The number of benzene rings is 3. The summed E-state index contributed by atoms with van der Waals surface area (Å²) in [6.45, 7) is 1.76. The van der Waals surface area contributed by atoms with Gasteiger partial charge < -0.3 is 5.11 Å². The molecule has 2 heteroatoms. The van der Waals surface area contributed by atoms with E-state index < -0.39 is 5.60 Å². The van der Waals surface area contributed by atoms with E-state index in [1.54, 1.807) is 13.0 Å². The molecule has 0 amide bonds. The maximum Gasteiger partial charge on any atom is 0.193 e. The van der Waals surface area contributed by atoms with Crippen LogP contribution in [0.4, 0.5) is 0 Å². The zero-order valence-electron chi connectivity index (χ0n) is 11.6. The largest absolute Gasteiger partial charge is 0.381 e. The first-order chi connectivity index (χ1) is 10.1. The van der Waals surface area contributed by atoms with Gasteiger partial charge in [0.05, 0.1) is 0 Å². The number of fused-ring (bicyclic) bond motifs is 3. The van der Waals surface area contributed by atoms with Gasteiger partial charge in [-0.3, -0.25) is 4.79 Å². The van der Waals surface area contributed by atoms with Crippen LogP contribution in [0.2, 0.25) is 0 Å². The predicted molar refractivity (Wildman–Crippen MR) is 82.5 cm³/mol. The average Bonchev–Trinajstić information content (AvgIpc) is 2.52. The van der Waals surface area contributed by atoms with Gasteiger partial charge in [-0.15, -0.1) is 0 Å². The van der Waals surface area contributed by atoms with E-state index in [0.29, 0.717) is 22.3 Å². The molecule has 1 N–H and O–H groups in total. The Morgan fingerprint density at radius 3 is 2.19 bits per heavy atom. The topological polar surface area (TPSA) is 37.3 Å². The van der Waals surface area contributed by atoms with E-state index in [2.05, 4.69) is 0 Å². The third kappa shape index (κ3) is 1.60. The van der Waals surface area contributed by atoms with Crippen molar-refractivity contribution in [1.29, 1.82) is 0 Å². The van der Waals surface area contributed by atoms with Crippen molar-refractivity contribution in [1.82, 2.24) is 0 Å². The number of hydrogen-bond acceptors (Lipinski definition) is 2. The molecule has 1 atom stereocenters. The van der Waals surface area contributed by atoms with Gasteiger partial charge in [-0.25, -0.2) is 0 Å². The van der Waals surface area contributed by atoms with Crippen LogP contribution in [0.5, 0.6) is 0 Å². The second-order valence-corrected chi connectivity index (χ2v) is 5.69. The first-order valence-electron chi connectivity index (χ1n) is 6.99. The zero-order valence-corrected chi connectivity index (χ0v) is 11.6. The molecule has 4 rings (SSSR count). The summed E-state index contributed by atoms with van der Waals surface area (Å²) in [6, 6.07) is 19.0. The lowest BCUT2D eigenvalue weighted by Crippen LogP contribution is -2.32. The molecule has 102 valence electrons. The maximum atomic E-state index is 12.7. The van der Waals surface area contributed by atoms with E-state index in [4.69, 9.17) is 0 Å². The van der Waals surface area contributed by atoms with Crippen molar-refractivity contribution < 1.29 is 9.90 Å². The second kappa shape index (κ2) is 4.03. The van der Waals surface area contributed by atoms with Crippen molar-refractivity contribution in [3.05, 3.63) is 82.9 Å². The lowest BCUT2D eigenvalue weighted by molar-refractivity contribution is 0.0864.